The summed E-state index contributed by atoms with van der Waals surface area (Å²) in [5.74, 6) is 0.511. The van der Waals surface area contributed by atoms with E-state index in [1.807, 2.05) is 35.2 Å². The molecule has 1 aliphatic rings. The van der Waals surface area contributed by atoms with Gasteiger partial charge in [0.2, 0.25) is 5.91 Å². The van der Waals surface area contributed by atoms with Crippen LogP contribution in [0.2, 0.25) is 0 Å². The summed E-state index contributed by atoms with van der Waals surface area (Å²) in [5.41, 5.74) is 13.3. The highest BCUT2D eigenvalue weighted by molar-refractivity contribution is 5.87. The Labute approximate surface area is 117 Å². The molecule has 0 spiro atoms. The molecule has 1 aliphatic heterocycles. The van der Waals surface area contributed by atoms with Gasteiger partial charge in [-0.25, -0.2) is 4.98 Å². The summed E-state index contributed by atoms with van der Waals surface area (Å²) in [5, 5.41) is 1.06. The van der Waals surface area contributed by atoms with Crippen molar-refractivity contribution in [3.63, 3.8) is 0 Å². The lowest BCUT2D eigenvalue weighted by Crippen LogP contribution is -2.40. The van der Waals surface area contributed by atoms with E-state index in [0.717, 1.165) is 41.7 Å². The van der Waals surface area contributed by atoms with E-state index in [1.165, 1.54) is 0 Å². The second-order valence-electron chi connectivity index (χ2n) is 5.11. The van der Waals surface area contributed by atoms with Crippen molar-refractivity contribution in [2.75, 3.05) is 11.4 Å². The van der Waals surface area contributed by atoms with Crippen molar-refractivity contribution in [2.45, 2.75) is 25.4 Å². The third-order valence-electron chi connectivity index (χ3n) is 3.88. The fourth-order valence-electron chi connectivity index (χ4n) is 2.88. The second kappa shape index (κ2) is 5.09. The van der Waals surface area contributed by atoms with E-state index >= 15 is 0 Å². The molecule has 20 heavy (non-hydrogen) atoms. The molecule has 5 heteroatoms. The van der Waals surface area contributed by atoms with Gasteiger partial charge in [-0.1, -0.05) is 18.2 Å². The Balaban J connectivity index is 2.10. The lowest BCUT2D eigenvalue weighted by molar-refractivity contribution is -0.119. The van der Waals surface area contributed by atoms with Gasteiger partial charge in [0.25, 0.3) is 0 Å². The standard InChI is InChI=1S/C15H18N4O/c16-9-10-8-14(18-12-5-2-1-4-11(10)12)19-7-3-6-13(19)15(17)20/h1-2,4-5,8,13H,3,6-7,9,16H2,(H2,17,20). The first kappa shape index (κ1) is 12.9. The van der Waals surface area contributed by atoms with E-state index in [2.05, 4.69) is 4.98 Å². The summed E-state index contributed by atoms with van der Waals surface area (Å²) < 4.78 is 0. The molecule has 1 saturated heterocycles. The number of primary amides is 1. The maximum Gasteiger partial charge on any atom is 0.240 e. The molecule has 1 atom stereocenters. The maximum absolute atomic E-state index is 11.5. The predicted octanol–water partition coefficient (Wildman–Crippen LogP) is 1.15. The second-order valence-corrected chi connectivity index (χ2v) is 5.11. The van der Waals surface area contributed by atoms with E-state index in [1.54, 1.807) is 0 Å². The van der Waals surface area contributed by atoms with Crippen molar-refractivity contribution in [2.24, 2.45) is 11.5 Å². The summed E-state index contributed by atoms with van der Waals surface area (Å²) in [6.45, 7) is 1.26. The zero-order valence-corrected chi connectivity index (χ0v) is 11.2. The third-order valence-corrected chi connectivity index (χ3v) is 3.88. The lowest BCUT2D eigenvalue weighted by atomic mass is 10.1. The van der Waals surface area contributed by atoms with Crippen molar-refractivity contribution in [3.8, 4) is 0 Å². The van der Waals surface area contributed by atoms with Gasteiger partial charge in [-0.05, 0) is 30.5 Å². The number of hydrogen-bond acceptors (Lipinski definition) is 4. The van der Waals surface area contributed by atoms with Crippen LogP contribution < -0.4 is 16.4 Å². The molecule has 1 fully saturated rings. The number of aromatic nitrogens is 1. The molecule has 3 rings (SSSR count). The third kappa shape index (κ3) is 2.10. The molecule has 1 amide bonds. The SMILES string of the molecule is NCc1cc(N2CCCC2C(N)=O)nc2ccccc12. The predicted molar refractivity (Wildman–Crippen MR) is 79.2 cm³/mol. The molecular weight excluding hydrogens is 252 g/mol. The van der Waals surface area contributed by atoms with Crippen LogP contribution in [0.4, 0.5) is 5.82 Å². The molecule has 0 bridgehead atoms. The number of carbonyl (C=O) groups is 1. The van der Waals surface area contributed by atoms with Gasteiger partial charge in [0.1, 0.15) is 11.9 Å². The summed E-state index contributed by atoms with van der Waals surface area (Å²) in [6.07, 6.45) is 1.75. The van der Waals surface area contributed by atoms with Crippen LogP contribution in [0.1, 0.15) is 18.4 Å². The quantitative estimate of drug-likeness (QED) is 0.876. The fourth-order valence-corrected chi connectivity index (χ4v) is 2.88. The number of carbonyl (C=O) groups excluding carboxylic acids is 1. The molecule has 2 heterocycles. The van der Waals surface area contributed by atoms with Crippen molar-refractivity contribution in [1.29, 1.82) is 0 Å². The zero-order valence-electron chi connectivity index (χ0n) is 11.2. The Bertz CT molecular complexity index is 655. The Morgan fingerprint density at radius 2 is 2.20 bits per heavy atom. The molecule has 1 aromatic heterocycles. The molecule has 5 nitrogen and oxygen atoms in total. The summed E-state index contributed by atoms with van der Waals surface area (Å²) in [6, 6.07) is 9.63. The van der Waals surface area contributed by atoms with Crippen LogP contribution in [0.5, 0.6) is 0 Å². The Morgan fingerprint density at radius 1 is 1.40 bits per heavy atom. The average Bonchev–Trinajstić information content (AvgIpc) is 2.95. The van der Waals surface area contributed by atoms with Crippen molar-refractivity contribution in [1.82, 2.24) is 4.98 Å². The zero-order chi connectivity index (χ0) is 14.1. The van der Waals surface area contributed by atoms with Crippen LogP contribution in [0, 0.1) is 0 Å². The highest BCUT2D eigenvalue weighted by Crippen LogP contribution is 2.28. The first-order valence-electron chi connectivity index (χ1n) is 6.85. The van der Waals surface area contributed by atoms with Crippen LogP contribution in [-0.4, -0.2) is 23.5 Å². The van der Waals surface area contributed by atoms with Crippen LogP contribution in [0.3, 0.4) is 0 Å². The van der Waals surface area contributed by atoms with Gasteiger partial charge in [0.05, 0.1) is 5.52 Å². The van der Waals surface area contributed by atoms with E-state index < -0.39 is 0 Å². The number of nitrogens with two attached hydrogens (primary N) is 2. The van der Waals surface area contributed by atoms with Crippen molar-refractivity contribution in [3.05, 3.63) is 35.9 Å². The number of para-hydroxylation sites is 1. The van der Waals surface area contributed by atoms with Crippen LogP contribution in [0.25, 0.3) is 10.9 Å². The van der Waals surface area contributed by atoms with Gasteiger partial charge in [0.15, 0.2) is 0 Å². The van der Waals surface area contributed by atoms with E-state index in [9.17, 15) is 4.79 Å². The minimum absolute atomic E-state index is 0.255. The summed E-state index contributed by atoms with van der Waals surface area (Å²) in [4.78, 5) is 18.2. The van der Waals surface area contributed by atoms with Crippen molar-refractivity contribution < 1.29 is 4.79 Å². The smallest absolute Gasteiger partial charge is 0.240 e. The number of nitrogens with zero attached hydrogens (tertiary/aromatic N) is 2. The first-order chi connectivity index (χ1) is 9.70. The highest BCUT2D eigenvalue weighted by atomic mass is 16.1. The maximum atomic E-state index is 11.5. The van der Waals surface area contributed by atoms with Crippen LogP contribution in [-0.2, 0) is 11.3 Å². The number of rotatable bonds is 3. The van der Waals surface area contributed by atoms with E-state index in [0.29, 0.717) is 6.54 Å². The van der Waals surface area contributed by atoms with E-state index in [4.69, 9.17) is 11.5 Å². The number of pyridine rings is 1. The Hall–Kier alpha value is -2.14. The molecule has 1 unspecified atom stereocenters. The van der Waals surface area contributed by atoms with Gasteiger partial charge < -0.3 is 16.4 Å². The molecule has 2 aromatic rings. The van der Waals surface area contributed by atoms with Gasteiger partial charge in [0, 0.05) is 18.5 Å². The topological polar surface area (TPSA) is 85.2 Å². The number of benzene rings is 1. The van der Waals surface area contributed by atoms with Gasteiger partial charge in [-0.2, -0.15) is 0 Å². The average molecular weight is 270 g/mol. The molecule has 0 saturated carbocycles. The van der Waals surface area contributed by atoms with Crippen LogP contribution >= 0.6 is 0 Å². The van der Waals surface area contributed by atoms with Gasteiger partial charge in [-0.3, -0.25) is 4.79 Å². The molecule has 0 aliphatic carbocycles. The summed E-state index contributed by atoms with van der Waals surface area (Å²) >= 11 is 0. The molecule has 4 N–H and O–H groups in total. The van der Waals surface area contributed by atoms with Crippen molar-refractivity contribution >= 4 is 22.6 Å². The Morgan fingerprint density at radius 3 is 2.95 bits per heavy atom. The fraction of sp³-hybridized carbons (Fsp3) is 0.333. The molecule has 104 valence electrons. The largest absolute Gasteiger partial charge is 0.368 e. The molecular formula is C15H18N4O. The minimum Gasteiger partial charge on any atom is -0.368 e. The monoisotopic (exact) mass is 270 g/mol. The summed E-state index contributed by atoms with van der Waals surface area (Å²) in [7, 11) is 0. The van der Waals surface area contributed by atoms with Gasteiger partial charge in [-0.15, -0.1) is 0 Å². The van der Waals surface area contributed by atoms with E-state index in [-0.39, 0.29) is 11.9 Å². The molecule has 0 radical (unpaired) electrons. The Kier molecular flexibility index (Phi) is 3.28. The number of amides is 1. The van der Waals surface area contributed by atoms with Crippen LogP contribution in [0.15, 0.2) is 30.3 Å². The molecule has 1 aromatic carbocycles. The number of fused-ring (bicyclic) bond motifs is 1. The normalized spacial score (nSPS) is 18.6. The van der Waals surface area contributed by atoms with Gasteiger partial charge >= 0.3 is 0 Å². The highest BCUT2D eigenvalue weighted by Gasteiger charge is 2.30. The number of hydrogen-bond donors (Lipinski definition) is 2. The lowest BCUT2D eigenvalue weighted by Gasteiger charge is -2.24. The minimum atomic E-state index is -0.285. The first-order valence-corrected chi connectivity index (χ1v) is 6.85. The number of anilines is 1.